The average molecular weight is 392 g/mol. The van der Waals surface area contributed by atoms with Gasteiger partial charge in [-0.1, -0.05) is 35.9 Å². The molecule has 0 aliphatic carbocycles. The number of Topliss-reactive ketones (excluding diaryl/α,β-unsaturated/α-hetero) is 1. The maximum absolute atomic E-state index is 12.5. The number of carbonyl (C=O) groups is 3. The summed E-state index contributed by atoms with van der Waals surface area (Å²) in [5.41, 5.74) is 3.35. The van der Waals surface area contributed by atoms with Gasteiger partial charge < -0.3 is 10.2 Å². The van der Waals surface area contributed by atoms with Crippen molar-refractivity contribution in [1.29, 1.82) is 0 Å². The van der Waals surface area contributed by atoms with Crippen LogP contribution in [0.15, 0.2) is 48.5 Å². The Morgan fingerprint density at radius 2 is 1.66 bits per heavy atom. The van der Waals surface area contributed by atoms with E-state index in [4.69, 9.17) is 0 Å². The Balaban J connectivity index is 1.44. The summed E-state index contributed by atoms with van der Waals surface area (Å²) in [6.45, 7) is 5.09. The van der Waals surface area contributed by atoms with Crippen molar-refractivity contribution in [1.82, 2.24) is 10.2 Å². The number of piperidine rings is 1. The molecular formula is C24H28N2O3. The van der Waals surface area contributed by atoms with Gasteiger partial charge in [0.05, 0.1) is 0 Å². The highest BCUT2D eigenvalue weighted by atomic mass is 16.2. The fourth-order valence-electron chi connectivity index (χ4n) is 3.68. The second-order valence-corrected chi connectivity index (χ2v) is 7.74. The molecule has 1 N–H and O–H groups in total. The Morgan fingerprint density at radius 3 is 2.34 bits per heavy atom. The van der Waals surface area contributed by atoms with E-state index in [-0.39, 0.29) is 36.5 Å². The third kappa shape index (κ3) is 5.53. The van der Waals surface area contributed by atoms with Crippen LogP contribution in [0.4, 0.5) is 0 Å². The molecular weight excluding hydrogens is 364 g/mol. The van der Waals surface area contributed by atoms with E-state index >= 15 is 0 Å². The highest BCUT2D eigenvalue weighted by Gasteiger charge is 2.24. The van der Waals surface area contributed by atoms with Gasteiger partial charge in [0.15, 0.2) is 5.78 Å². The van der Waals surface area contributed by atoms with Crippen molar-refractivity contribution >= 4 is 17.6 Å². The van der Waals surface area contributed by atoms with E-state index in [2.05, 4.69) is 5.32 Å². The van der Waals surface area contributed by atoms with Crippen molar-refractivity contribution in [2.24, 2.45) is 0 Å². The number of nitrogens with zero attached hydrogens (tertiary/aromatic N) is 1. The predicted octanol–water partition coefficient (Wildman–Crippen LogP) is 3.69. The van der Waals surface area contributed by atoms with Crippen LogP contribution in [0.25, 0.3) is 0 Å². The molecule has 0 bridgehead atoms. The van der Waals surface area contributed by atoms with Crippen LogP contribution in [0, 0.1) is 13.8 Å². The summed E-state index contributed by atoms with van der Waals surface area (Å²) in [7, 11) is 0. The summed E-state index contributed by atoms with van der Waals surface area (Å²) < 4.78 is 0. The van der Waals surface area contributed by atoms with Crippen molar-refractivity contribution < 1.29 is 14.4 Å². The molecule has 1 heterocycles. The van der Waals surface area contributed by atoms with Gasteiger partial charge in [-0.15, -0.1) is 0 Å². The van der Waals surface area contributed by atoms with Gasteiger partial charge in [0.2, 0.25) is 5.91 Å². The minimum Gasteiger partial charge on any atom is -0.349 e. The summed E-state index contributed by atoms with van der Waals surface area (Å²) in [5, 5.41) is 3.05. The molecule has 2 amide bonds. The van der Waals surface area contributed by atoms with Gasteiger partial charge in [0.25, 0.3) is 5.91 Å². The number of hydrogen-bond donors (Lipinski definition) is 1. The van der Waals surface area contributed by atoms with Crippen LogP contribution >= 0.6 is 0 Å². The van der Waals surface area contributed by atoms with Crippen LogP contribution < -0.4 is 5.32 Å². The van der Waals surface area contributed by atoms with E-state index < -0.39 is 0 Å². The summed E-state index contributed by atoms with van der Waals surface area (Å²) in [6, 6.07) is 15.0. The number of likely N-dealkylation sites (tertiary alicyclic amines) is 1. The van der Waals surface area contributed by atoms with E-state index in [1.165, 1.54) is 0 Å². The lowest BCUT2D eigenvalue weighted by Gasteiger charge is -2.32. The molecule has 0 unspecified atom stereocenters. The number of rotatable bonds is 6. The standard InChI is InChI=1S/C24H28N2O3/c1-17-8-9-18(2)21(16-17)22(27)10-11-23(28)26-14-12-20(13-15-26)25-24(29)19-6-4-3-5-7-19/h3-9,16,20H,10-15H2,1-2H3,(H,25,29). The fourth-order valence-corrected chi connectivity index (χ4v) is 3.68. The second kappa shape index (κ2) is 9.50. The quantitative estimate of drug-likeness (QED) is 0.763. The molecule has 0 radical (unpaired) electrons. The molecule has 1 fully saturated rings. The minimum absolute atomic E-state index is 0.0106. The molecule has 2 aromatic carbocycles. The van der Waals surface area contributed by atoms with Gasteiger partial charge in [-0.05, 0) is 50.5 Å². The van der Waals surface area contributed by atoms with Gasteiger partial charge in [0, 0.05) is 43.1 Å². The van der Waals surface area contributed by atoms with Gasteiger partial charge in [0.1, 0.15) is 0 Å². The molecule has 152 valence electrons. The van der Waals surface area contributed by atoms with Gasteiger partial charge in [-0.2, -0.15) is 0 Å². The molecule has 0 saturated carbocycles. The van der Waals surface area contributed by atoms with Crippen LogP contribution in [0.1, 0.15) is 57.5 Å². The average Bonchev–Trinajstić information content (AvgIpc) is 2.74. The lowest BCUT2D eigenvalue weighted by molar-refractivity contribution is -0.132. The molecule has 29 heavy (non-hydrogen) atoms. The smallest absolute Gasteiger partial charge is 0.251 e. The Labute approximate surface area is 172 Å². The van der Waals surface area contributed by atoms with E-state index in [1.807, 2.05) is 55.1 Å². The molecule has 1 aliphatic heterocycles. The topological polar surface area (TPSA) is 66.5 Å². The number of benzene rings is 2. The van der Waals surface area contributed by atoms with Crippen LogP contribution in [-0.4, -0.2) is 41.6 Å². The van der Waals surface area contributed by atoms with Gasteiger partial charge >= 0.3 is 0 Å². The van der Waals surface area contributed by atoms with Crippen LogP contribution in [0.3, 0.4) is 0 Å². The van der Waals surface area contributed by atoms with Crippen molar-refractivity contribution in [3.05, 3.63) is 70.8 Å². The first-order valence-corrected chi connectivity index (χ1v) is 10.2. The first-order chi connectivity index (χ1) is 13.9. The lowest BCUT2D eigenvalue weighted by Crippen LogP contribution is -2.46. The Bertz CT molecular complexity index is 884. The monoisotopic (exact) mass is 392 g/mol. The minimum atomic E-state index is -0.0745. The second-order valence-electron chi connectivity index (χ2n) is 7.74. The predicted molar refractivity (Wildman–Crippen MR) is 113 cm³/mol. The zero-order valence-electron chi connectivity index (χ0n) is 17.1. The number of hydrogen-bond acceptors (Lipinski definition) is 3. The maximum Gasteiger partial charge on any atom is 0.251 e. The van der Waals surface area contributed by atoms with E-state index in [0.29, 0.717) is 24.2 Å². The third-order valence-corrected chi connectivity index (χ3v) is 5.48. The molecule has 0 spiro atoms. The third-order valence-electron chi connectivity index (χ3n) is 5.48. The number of amides is 2. The van der Waals surface area contributed by atoms with Crippen LogP contribution in [0.5, 0.6) is 0 Å². The zero-order chi connectivity index (χ0) is 20.8. The first kappa shape index (κ1) is 20.8. The zero-order valence-corrected chi connectivity index (χ0v) is 17.1. The van der Waals surface area contributed by atoms with Crippen molar-refractivity contribution in [2.45, 2.75) is 45.6 Å². The molecule has 0 aromatic heterocycles. The van der Waals surface area contributed by atoms with Crippen molar-refractivity contribution in [3.63, 3.8) is 0 Å². The molecule has 0 atom stereocenters. The number of ketones is 1. The molecule has 1 aliphatic rings. The van der Waals surface area contributed by atoms with E-state index in [1.54, 1.807) is 12.1 Å². The Morgan fingerprint density at radius 1 is 0.966 bits per heavy atom. The van der Waals surface area contributed by atoms with Gasteiger partial charge in [-0.3, -0.25) is 14.4 Å². The van der Waals surface area contributed by atoms with Crippen molar-refractivity contribution in [2.75, 3.05) is 13.1 Å². The molecule has 3 rings (SSSR count). The molecule has 5 nitrogen and oxygen atoms in total. The largest absolute Gasteiger partial charge is 0.349 e. The summed E-state index contributed by atoms with van der Waals surface area (Å²) in [4.78, 5) is 39.1. The normalized spacial score (nSPS) is 14.5. The Hall–Kier alpha value is -2.95. The van der Waals surface area contributed by atoms with E-state index in [9.17, 15) is 14.4 Å². The van der Waals surface area contributed by atoms with E-state index in [0.717, 1.165) is 24.0 Å². The summed E-state index contributed by atoms with van der Waals surface area (Å²) >= 11 is 0. The fraction of sp³-hybridized carbons (Fsp3) is 0.375. The maximum atomic E-state index is 12.5. The molecule has 1 saturated heterocycles. The number of nitrogens with one attached hydrogen (secondary N) is 1. The molecule has 2 aromatic rings. The Kier molecular flexibility index (Phi) is 6.81. The lowest BCUT2D eigenvalue weighted by atomic mass is 9.98. The number of carbonyl (C=O) groups excluding carboxylic acids is 3. The highest BCUT2D eigenvalue weighted by molar-refractivity contribution is 5.99. The summed E-state index contributed by atoms with van der Waals surface area (Å²) in [6.07, 6.45) is 1.92. The van der Waals surface area contributed by atoms with Crippen LogP contribution in [0.2, 0.25) is 0 Å². The highest BCUT2D eigenvalue weighted by Crippen LogP contribution is 2.16. The van der Waals surface area contributed by atoms with Gasteiger partial charge in [-0.25, -0.2) is 0 Å². The van der Waals surface area contributed by atoms with Crippen molar-refractivity contribution in [3.8, 4) is 0 Å². The number of aryl methyl sites for hydroxylation is 2. The summed E-state index contributed by atoms with van der Waals surface area (Å²) in [5.74, 6) is -0.0458. The van der Waals surface area contributed by atoms with Crippen LogP contribution in [-0.2, 0) is 4.79 Å². The first-order valence-electron chi connectivity index (χ1n) is 10.2. The molecule has 5 heteroatoms. The SMILES string of the molecule is Cc1ccc(C)c(C(=O)CCC(=O)N2CCC(NC(=O)c3ccccc3)CC2)c1.